The van der Waals surface area contributed by atoms with Gasteiger partial charge in [0.25, 0.3) is 0 Å². The molecule has 3 rings (SSSR count). The second-order valence-corrected chi connectivity index (χ2v) is 5.87. The summed E-state index contributed by atoms with van der Waals surface area (Å²) in [5.41, 5.74) is 12.5. The van der Waals surface area contributed by atoms with Crippen LogP contribution in [-0.2, 0) is 0 Å². The number of rotatable bonds is 2. The van der Waals surface area contributed by atoms with E-state index < -0.39 is 0 Å². The number of nitrogens with zero attached hydrogens (tertiary/aromatic N) is 3. The van der Waals surface area contributed by atoms with E-state index in [9.17, 15) is 0 Å². The largest absolute Gasteiger partial charge is 0.382 e. The standard InChI is InChI=1S/C16H16N4S/c1-9-4-5-12(11(3)10(9)2)13-8-21-16(20-13)14-15(17)19-7-6-18-14/h4-8H,1-3H3,(H2,17,19). The van der Waals surface area contributed by atoms with Crippen LogP contribution in [0, 0.1) is 20.8 Å². The topological polar surface area (TPSA) is 64.7 Å². The van der Waals surface area contributed by atoms with Gasteiger partial charge >= 0.3 is 0 Å². The van der Waals surface area contributed by atoms with E-state index in [4.69, 9.17) is 5.73 Å². The van der Waals surface area contributed by atoms with E-state index >= 15 is 0 Å². The van der Waals surface area contributed by atoms with E-state index in [0.717, 1.165) is 16.3 Å². The highest BCUT2D eigenvalue weighted by molar-refractivity contribution is 7.13. The minimum absolute atomic E-state index is 0.412. The molecule has 1 aromatic carbocycles. The number of aryl methyl sites for hydroxylation is 1. The molecule has 2 aromatic heterocycles. The lowest BCUT2D eigenvalue weighted by atomic mass is 9.97. The van der Waals surface area contributed by atoms with Crippen molar-refractivity contribution >= 4 is 17.2 Å². The minimum atomic E-state index is 0.412. The molecular weight excluding hydrogens is 280 g/mol. The van der Waals surface area contributed by atoms with E-state index in [1.54, 1.807) is 12.4 Å². The molecule has 4 nitrogen and oxygen atoms in total. The Bertz CT molecular complexity index is 808. The van der Waals surface area contributed by atoms with Gasteiger partial charge in [0.05, 0.1) is 5.69 Å². The number of aromatic nitrogens is 3. The van der Waals surface area contributed by atoms with Crippen molar-refractivity contribution < 1.29 is 0 Å². The van der Waals surface area contributed by atoms with Gasteiger partial charge in [-0.3, -0.25) is 0 Å². The first-order chi connectivity index (χ1) is 10.1. The predicted octanol–water partition coefficient (Wildman–Crippen LogP) is 3.77. The molecule has 0 amide bonds. The smallest absolute Gasteiger partial charge is 0.152 e. The Labute approximate surface area is 127 Å². The molecule has 2 N–H and O–H groups in total. The molecule has 0 bridgehead atoms. The van der Waals surface area contributed by atoms with E-state index in [1.165, 1.54) is 28.0 Å². The third-order valence-corrected chi connectivity index (χ3v) is 4.62. The molecule has 0 atom stereocenters. The van der Waals surface area contributed by atoms with Crippen LogP contribution in [0.3, 0.4) is 0 Å². The third-order valence-electron chi connectivity index (χ3n) is 3.77. The molecule has 0 aliphatic carbocycles. The SMILES string of the molecule is Cc1ccc(-c2csc(-c3nccnc3N)n2)c(C)c1C. The van der Waals surface area contributed by atoms with Crippen LogP contribution in [0.15, 0.2) is 29.9 Å². The van der Waals surface area contributed by atoms with Crippen LogP contribution in [0.1, 0.15) is 16.7 Å². The molecule has 0 aliphatic rings. The lowest BCUT2D eigenvalue weighted by molar-refractivity contribution is 1.20. The van der Waals surface area contributed by atoms with Gasteiger partial charge in [0, 0.05) is 23.3 Å². The number of hydrogen-bond acceptors (Lipinski definition) is 5. The molecule has 0 saturated heterocycles. The monoisotopic (exact) mass is 296 g/mol. The molecule has 0 radical (unpaired) electrons. The molecule has 21 heavy (non-hydrogen) atoms. The summed E-state index contributed by atoms with van der Waals surface area (Å²) in [6.07, 6.45) is 3.22. The van der Waals surface area contributed by atoms with Crippen molar-refractivity contribution in [2.24, 2.45) is 0 Å². The summed E-state index contributed by atoms with van der Waals surface area (Å²) in [7, 11) is 0. The average molecular weight is 296 g/mol. The fraction of sp³-hybridized carbons (Fsp3) is 0.188. The zero-order valence-electron chi connectivity index (χ0n) is 12.2. The Kier molecular flexibility index (Phi) is 3.43. The molecule has 5 heteroatoms. The van der Waals surface area contributed by atoms with Gasteiger partial charge in [0.2, 0.25) is 0 Å². The zero-order chi connectivity index (χ0) is 15.0. The quantitative estimate of drug-likeness (QED) is 0.781. The van der Waals surface area contributed by atoms with Crippen LogP contribution in [-0.4, -0.2) is 15.0 Å². The van der Waals surface area contributed by atoms with Crippen molar-refractivity contribution in [3.05, 3.63) is 46.6 Å². The van der Waals surface area contributed by atoms with Crippen molar-refractivity contribution in [2.75, 3.05) is 5.73 Å². The lowest BCUT2D eigenvalue weighted by Crippen LogP contribution is -1.96. The van der Waals surface area contributed by atoms with Gasteiger partial charge in [0.1, 0.15) is 10.7 Å². The van der Waals surface area contributed by atoms with E-state index in [0.29, 0.717) is 11.5 Å². The average Bonchev–Trinajstić information content (AvgIpc) is 2.95. The van der Waals surface area contributed by atoms with Gasteiger partial charge in [-0.15, -0.1) is 11.3 Å². The highest BCUT2D eigenvalue weighted by Crippen LogP contribution is 2.32. The highest BCUT2D eigenvalue weighted by atomic mass is 32.1. The number of thiazole rings is 1. The molecule has 0 fully saturated rings. The maximum Gasteiger partial charge on any atom is 0.152 e. The van der Waals surface area contributed by atoms with E-state index in [2.05, 4.69) is 47.9 Å². The van der Waals surface area contributed by atoms with Crippen LogP contribution in [0.5, 0.6) is 0 Å². The molecule has 0 unspecified atom stereocenters. The fourth-order valence-electron chi connectivity index (χ4n) is 2.25. The highest BCUT2D eigenvalue weighted by Gasteiger charge is 2.13. The molecule has 0 spiro atoms. The molecule has 0 saturated carbocycles. The predicted molar refractivity (Wildman–Crippen MR) is 87.2 cm³/mol. The summed E-state index contributed by atoms with van der Waals surface area (Å²) < 4.78 is 0. The van der Waals surface area contributed by atoms with Crippen molar-refractivity contribution in [1.82, 2.24) is 15.0 Å². The normalized spacial score (nSPS) is 10.8. The summed E-state index contributed by atoms with van der Waals surface area (Å²) in [6.45, 7) is 6.40. The maximum absolute atomic E-state index is 5.87. The van der Waals surface area contributed by atoms with Crippen LogP contribution >= 0.6 is 11.3 Å². The molecule has 0 aliphatic heterocycles. The van der Waals surface area contributed by atoms with Crippen LogP contribution < -0.4 is 5.73 Å². The number of nitrogens with two attached hydrogens (primary N) is 1. The minimum Gasteiger partial charge on any atom is -0.382 e. The van der Waals surface area contributed by atoms with Gasteiger partial charge in [0.15, 0.2) is 5.82 Å². The van der Waals surface area contributed by atoms with Gasteiger partial charge in [-0.25, -0.2) is 15.0 Å². The Morgan fingerprint density at radius 3 is 2.52 bits per heavy atom. The van der Waals surface area contributed by atoms with Crippen molar-refractivity contribution in [1.29, 1.82) is 0 Å². The fourth-order valence-corrected chi connectivity index (χ4v) is 3.08. The number of benzene rings is 1. The molecule has 106 valence electrons. The second kappa shape index (κ2) is 5.26. The summed E-state index contributed by atoms with van der Waals surface area (Å²) in [5, 5.41) is 2.84. The summed E-state index contributed by atoms with van der Waals surface area (Å²) in [4.78, 5) is 13.0. The van der Waals surface area contributed by atoms with Gasteiger partial charge in [-0.2, -0.15) is 0 Å². The maximum atomic E-state index is 5.87. The Morgan fingerprint density at radius 2 is 1.76 bits per heavy atom. The molecule has 3 aromatic rings. The van der Waals surface area contributed by atoms with Gasteiger partial charge in [-0.05, 0) is 37.5 Å². The van der Waals surface area contributed by atoms with Crippen LogP contribution in [0.2, 0.25) is 0 Å². The van der Waals surface area contributed by atoms with Gasteiger partial charge in [-0.1, -0.05) is 12.1 Å². The summed E-state index contributed by atoms with van der Waals surface area (Å²) in [6, 6.07) is 4.25. The zero-order valence-corrected chi connectivity index (χ0v) is 13.0. The molecule has 2 heterocycles. The lowest BCUT2D eigenvalue weighted by Gasteiger charge is -2.09. The second-order valence-electron chi connectivity index (χ2n) is 5.01. The first-order valence-electron chi connectivity index (χ1n) is 6.67. The molecular formula is C16H16N4S. The van der Waals surface area contributed by atoms with E-state index in [-0.39, 0.29) is 0 Å². The summed E-state index contributed by atoms with van der Waals surface area (Å²) >= 11 is 1.54. The Hall–Kier alpha value is -2.27. The first kappa shape index (κ1) is 13.7. The number of nitrogen functional groups attached to an aromatic ring is 1. The van der Waals surface area contributed by atoms with Crippen molar-refractivity contribution in [3.8, 4) is 22.0 Å². The van der Waals surface area contributed by atoms with Gasteiger partial charge < -0.3 is 5.73 Å². The first-order valence-corrected chi connectivity index (χ1v) is 7.55. The van der Waals surface area contributed by atoms with Crippen molar-refractivity contribution in [2.45, 2.75) is 20.8 Å². The Morgan fingerprint density at radius 1 is 1.00 bits per heavy atom. The van der Waals surface area contributed by atoms with Crippen LogP contribution in [0.4, 0.5) is 5.82 Å². The number of hydrogen-bond donors (Lipinski definition) is 1. The van der Waals surface area contributed by atoms with E-state index in [1.807, 2.05) is 5.38 Å². The third kappa shape index (κ3) is 2.40. The van der Waals surface area contributed by atoms with Crippen molar-refractivity contribution in [3.63, 3.8) is 0 Å². The van der Waals surface area contributed by atoms with Crippen LogP contribution in [0.25, 0.3) is 22.0 Å². The summed E-state index contributed by atoms with van der Waals surface area (Å²) in [5.74, 6) is 0.412. The Balaban J connectivity index is 2.07. The number of anilines is 1.